The Morgan fingerprint density at radius 1 is 0.250 bits per heavy atom. The van der Waals surface area contributed by atoms with Crippen molar-refractivity contribution in [3.63, 3.8) is 0 Å². The summed E-state index contributed by atoms with van der Waals surface area (Å²) in [7, 11) is 0. The average molecular weight is 809 g/mol. The summed E-state index contributed by atoms with van der Waals surface area (Å²) in [5.41, 5.74) is 28.1. The number of benzene rings is 9. The van der Waals surface area contributed by atoms with Crippen LogP contribution in [0.4, 0.5) is 0 Å². The fraction of sp³-hybridized carbons (Fsp3) is 0.0625. The highest BCUT2D eigenvalue weighted by molar-refractivity contribution is 6.21. The first kappa shape index (κ1) is 34.7. The molecule has 0 N–H and O–H groups in total. The lowest BCUT2D eigenvalue weighted by atomic mass is 9.62. The third-order valence-corrected chi connectivity index (χ3v) is 15.5. The Morgan fingerprint density at radius 2 is 0.594 bits per heavy atom. The van der Waals surface area contributed by atoms with E-state index in [1.165, 1.54) is 138 Å². The summed E-state index contributed by atoms with van der Waals surface area (Å²) in [5, 5.41) is 8.24. The Labute approximate surface area is 372 Å². The second kappa shape index (κ2) is 12.9. The van der Waals surface area contributed by atoms with E-state index in [-0.39, 0.29) is 11.8 Å². The van der Waals surface area contributed by atoms with Crippen molar-refractivity contribution in [2.75, 3.05) is 0 Å². The van der Waals surface area contributed by atoms with Crippen molar-refractivity contribution in [1.29, 1.82) is 0 Å². The quantitative estimate of drug-likeness (QED) is 0.166. The standard InChI is InChI=1S/C64H40/c1-5-17-37(18-6-1)53-41-25-13-14-26-42(41)54(38-19-7-2-8-20-38)62-50-34-30-46-48-32-36-52-60-51(35-31-47(58(48)60)45-29-33-49(61(53)62)59(50)57(45)46)63-55(39-21-9-3-10-22-39)43-27-15-16-28-44(43)56(64(52)63)40-23-11-4-12-24-40/h1-31,33-35,57,59H,32,36H2. The summed E-state index contributed by atoms with van der Waals surface area (Å²) < 4.78 is 0. The van der Waals surface area contributed by atoms with E-state index in [1.807, 2.05) is 0 Å². The van der Waals surface area contributed by atoms with Gasteiger partial charge in [-0.1, -0.05) is 206 Å². The molecule has 0 nitrogen and oxygen atoms in total. The molecule has 9 aromatic rings. The minimum absolute atomic E-state index is 0.243. The SMILES string of the molecule is C1=C2C3=c4c(ccc5c4=C(CC3)c3c-5c(-c4ccccc4)c4ccccc4c3-c3ccccc3)C3=CC=C4c5c(c(-c6ccccc6)c6ccccc6c5-c5ccccc5)C(=C1)C4C23. The zero-order valence-corrected chi connectivity index (χ0v) is 35.2. The Morgan fingerprint density at radius 3 is 1.08 bits per heavy atom. The van der Waals surface area contributed by atoms with Crippen LogP contribution >= 0.6 is 0 Å². The molecule has 0 radical (unpaired) electrons. The van der Waals surface area contributed by atoms with Gasteiger partial charge >= 0.3 is 0 Å². The topological polar surface area (TPSA) is 0 Å². The summed E-state index contributed by atoms with van der Waals surface area (Å²) in [4.78, 5) is 0. The van der Waals surface area contributed by atoms with Gasteiger partial charge in [0.05, 0.1) is 0 Å². The Kier molecular flexibility index (Phi) is 6.99. The molecule has 0 aliphatic heterocycles. The summed E-state index contributed by atoms with van der Waals surface area (Å²) in [6.45, 7) is 0. The molecule has 9 aromatic carbocycles. The Balaban J connectivity index is 1.05. The molecule has 0 amide bonds. The van der Waals surface area contributed by atoms with E-state index in [0.717, 1.165) is 12.8 Å². The van der Waals surface area contributed by atoms with E-state index in [1.54, 1.807) is 5.57 Å². The third-order valence-electron chi connectivity index (χ3n) is 15.5. The average Bonchev–Trinajstić information content (AvgIpc) is 3.88. The molecule has 64 heavy (non-hydrogen) atoms. The van der Waals surface area contributed by atoms with E-state index < -0.39 is 0 Å². The molecular formula is C64H40. The van der Waals surface area contributed by atoms with E-state index in [9.17, 15) is 0 Å². The summed E-state index contributed by atoms with van der Waals surface area (Å²) in [5.74, 6) is 0.504. The molecule has 6 aliphatic carbocycles. The second-order valence-electron chi connectivity index (χ2n) is 18.4. The molecule has 15 rings (SSSR count). The van der Waals surface area contributed by atoms with Crippen LogP contribution in [-0.4, -0.2) is 0 Å². The van der Waals surface area contributed by atoms with Gasteiger partial charge in [0.15, 0.2) is 0 Å². The lowest BCUT2D eigenvalue weighted by Crippen LogP contribution is -2.41. The van der Waals surface area contributed by atoms with E-state index in [0.29, 0.717) is 0 Å². The third kappa shape index (κ3) is 4.42. The maximum Gasteiger partial charge on any atom is 0.0212 e. The first-order valence-electron chi connectivity index (χ1n) is 23.0. The van der Waals surface area contributed by atoms with Gasteiger partial charge in [0.2, 0.25) is 0 Å². The van der Waals surface area contributed by atoms with Crippen LogP contribution in [0.2, 0.25) is 0 Å². The molecule has 0 aromatic heterocycles. The maximum absolute atomic E-state index is 2.55. The van der Waals surface area contributed by atoms with Crippen LogP contribution in [0.3, 0.4) is 0 Å². The molecule has 0 saturated carbocycles. The highest BCUT2D eigenvalue weighted by Crippen LogP contribution is 2.64. The zero-order chi connectivity index (χ0) is 41.6. The van der Waals surface area contributed by atoms with Gasteiger partial charge in [-0.25, -0.2) is 0 Å². The molecular weight excluding hydrogens is 769 g/mol. The van der Waals surface area contributed by atoms with Gasteiger partial charge < -0.3 is 0 Å². The molecule has 0 saturated heterocycles. The molecule has 0 heterocycles. The highest BCUT2D eigenvalue weighted by atomic mass is 14.5. The van der Waals surface area contributed by atoms with Crippen LogP contribution in [-0.2, 0) is 0 Å². The minimum Gasteiger partial charge on any atom is -0.0622 e. The fourth-order valence-electron chi connectivity index (χ4n) is 13.2. The van der Waals surface area contributed by atoms with Gasteiger partial charge in [-0.2, -0.15) is 0 Å². The van der Waals surface area contributed by atoms with Crippen LogP contribution in [0.25, 0.3) is 105 Å². The molecule has 0 spiro atoms. The fourth-order valence-corrected chi connectivity index (χ4v) is 13.2. The molecule has 296 valence electrons. The van der Waals surface area contributed by atoms with E-state index in [4.69, 9.17) is 0 Å². The van der Waals surface area contributed by atoms with Gasteiger partial charge in [0, 0.05) is 11.8 Å². The first-order chi connectivity index (χ1) is 31.8. The molecule has 6 aliphatic rings. The molecule has 0 heteroatoms. The number of hydrogen-bond acceptors (Lipinski definition) is 0. The van der Waals surface area contributed by atoms with Gasteiger partial charge in [0.1, 0.15) is 0 Å². The van der Waals surface area contributed by atoms with Crippen LogP contribution in [0.5, 0.6) is 0 Å². The number of hydrogen-bond donors (Lipinski definition) is 0. The summed E-state index contributed by atoms with van der Waals surface area (Å²) in [6.07, 6.45) is 12.2. The lowest BCUT2D eigenvalue weighted by molar-refractivity contribution is 0.688. The number of allylic oxidation sites excluding steroid dienone is 8. The Hall–Kier alpha value is -7.80. The minimum atomic E-state index is 0.243. The summed E-state index contributed by atoms with van der Waals surface area (Å²) >= 11 is 0. The molecule has 0 bridgehead atoms. The van der Waals surface area contributed by atoms with Crippen LogP contribution in [0.1, 0.15) is 35.1 Å². The van der Waals surface area contributed by atoms with Crippen molar-refractivity contribution in [3.05, 3.63) is 245 Å². The molecule has 2 unspecified atom stereocenters. The number of rotatable bonds is 4. The van der Waals surface area contributed by atoms with Crippen molar-refractivity contribution in [3.8, 4) is 55.6 Å². The molecule has 0 fully saturated rings. The zero-order valence-electron chi connectivity index (χ0n) is 35.2. The van der Waals surface area contributed by atoms with Crippen molar-refractivity contribution in [2.24, 2.45) is 11.8 Å². The predicted molar refractivity (Wildman–Crippen MR) is 268 cm³/mol. The second-order valence-corrected chi connectivity index (χ2v) is 18.4. The smallest absolute Gasteiger partial charge is 0.0212 e. The van der Waals surface area contributed by atoms with Crippen molar-refractivity contribution < 1.29 is 0 Å². The van der Waals surface area contributed by atoms with Crippen molar-refractivity contribution in [2.45, 2.75) is 12.8 Å². The van der Waals surface area contributed by atoms with Crippen molar-refractivity contribution >= 4 is 49.4 Å². The van der Waals surface area contributed by atoms with Crippen molar-refractivity contribution in [1.82, 2.24) is 0 Å². The Bertz CT molecular complexity index is 3840. The maximum atomic E-state index is 2.55. The van der Waals surface area contributed by atoms with E-state index >= 15 is 0 Å². The van der Waals surface area contributed by atoms with Crippen LogP contribution in [0, 0.1) is 11.8 Å². The molecule has 2 atom stereocenters. The normalized spacial score (nSPS) is 17.9. The van der Waals surface area contributed by atoms with Gasteiger partial charge in [-0.3, -0.25) is 0 Å². The van der Waals surface area contributed by atoms with E-state index in [2.05, 4.69) is 206 Å². The van der Waals surface area contributed by atoms with Crippen LogP contribution in [0.15, 0.2) is 212 Å². The lowest BCUT2D eigenvalue weighted by Gasteiger charge is -2.41. The largest absolute Gasteiger partial charge is 0.0622 e. The van der Waals surface area contributed by atoms with Crippen LogP contribution < -0.4 is 10.4 Å². The summed E-state index contributed by atoms with van der Waals surface area (Å²) in [6, 6.07) is 68.0. The monoisotopic (exact) mass is 808 g/mol. The van der Waals surface area contributed by atoms with Gasteiger partial charge in [0.25, 0.3) is 0 Å². The predicted octanol–water partition coefficient (Wildman–Crippen LogP) is 14.8. The van der Waals surface area contributed by atoms with Gasteiger partial charge in [-0.05, 0) is 156 Å². The number of fused-ring (bicyclic) bond motifs is 10. The first-order valence-corrected chi connectivity index (χ1v) is 23.0. The highest BCUT2D eigenvalue weighted by Gasteiger charge is 2.49. The van der Waals surface area contributed by atoms with Gasteiger partial charge in [-0.15, -0.1) is 0 Å².